The number of carbonyl (C=O) groups is 2. The van der Waals surface area contributed by atoms with Crippen molar-refractivity contribution >= 4 is 17.6 Å². The van der Waals surface area contributed by atoms with Crippen LogP contribution < -0.4 is 10.2 Å². The SMILES string of the molecule is CN(C)c1ccc(C(=O)NC2CC(N(CC(=O)O)CC3CC3)C2)c(F)c1. The molecule has 0 atom stereocenters. The standard InChI is InChI=1S/C19H26FN3O3/c1-22(2)14-5-6-16(17(20)9-14)19(26)21-13-7-15(8-13)23(11-18(24)25)10-12-3-4-12/h5-6,9,12-13,15H,3-4,7-8,10-11H2,1-2H3,(H,21,26)(H,24,25). The van der Waals surface area contributed by atoms with E-state index < -0.39 is 17.7 Å². The number of halogens is 1. The number of carboxylic acid groups (broad SMARTS) is 1. The molecule has 2 saturated carbocycles. The van der Waals surface area contributed by atoms with Gasteiger partial charge in [-0.05, 0) is 49.8 Å². The first kappa shape index (κ1) is 18.6. The molecule has 2 aliphatic rings. The van der Waals surface area contributed by atoms with Crippen molar-refractivity contribution in [3.63, 3.8) is 0 Å². The molecule has 0 aromatic heterocycles. The first-order chi connectivity index (χ1) is 12.3. The molecule has 0 heterocycles. The van der Waals surface area contributed by atoms with Crippen LogP contribution in [-0.2, 0) is 4.79 Å². The summed E-state index contributed by atoms with van der Waals surface area (Å²) in [7, 11) is 3.63. The van der Waals surface area contributed by atoms with Gasteiger partial charge in [0, 0.05) is 38.4 Å². The number of amides is 1. The predicted octanol–water partition coefficient (Wildman–Crippen LogP) is 1.95. The lowest BCUT2D eigenvalue weighted by atomic mass is 9.85. The molecule has 2 N–H and O–H groups in total. The van der Waals surface area contributed by atoms with E-state index in [9.17, 15) is 14.0 Å². The fraction of sp³-hybridized carbons (Fsp3) is 0.579. The number of anilines is 1. The Morgan fingerprint density at radius 3 is 2.50 bits per heavy atom. The summed E-state index contributed by atoms with van der Waals surface area (Å²) >= 11 is 0. The van der Waals surface area contributed by atoms with Crippen LogP contribution in [0.25, 0.3) is 0 Å². The van der Waals surface area contributed by atoms with Crippen LogP contribution in [0.15, 0.2) is 18.2 Å². The van der Waals surface area contributed by atoms with Crippen LogP contribution in [-0.4, -0.2) is 61.2 Å². The lowest BCUT2D eigenvalue weighted by molar-refractivity contribution is -0.139. The highest BCUT2D eigenvalue weighted by Crippen LogP contribution is 2.34. The van der Waals surface area contributed by atoms with Crippen molar-refractivity contribution in [2.45, 2.75) is 37.8 Å². The number of carboxylic acids is 1. The number of carbonyl (C=O) groups excluding carboxylic acids is 1. The van der Waals surface area contributed by atoms with Gasteiger partial charge in [0.15, 0.2) is 0 Å². The Bertz CT molecular complexity index is 685. The zero-order valence-corrected chi connectivity index (χ0v) is 15.2. The van der Waals surface area contributed by atoms with Crippen molar-refractivity contribution in [3.8, 4) is 0 Å². The van der Waals surface area contributed by atoms with Crippen LogP contribution >= 0.6 is 0 Å². The molecule has 2 fully saturated rings. The lowest BCUT2D eigenvalue weighted by Gasteiger charge is -2.42. The number of hydrogen-bond acceptors (Lipinski definition) is 4. The van der Waals surface area contributed by atoms with Gasteiger partial charge in [-0.3, -0.25) is 14.5 Å². The molecular formula is C19H26FN3O3. The zero-order chi connectivity index (χ0) is 18.8. The highest BCUT2D eigenvalue weighted by Gasteiger charge is 2.38. The number of nitrogens with one attached hydrogen (secondary N) is 1. The summed E-state index contributed by atoms with van der Waals surface area (Å²) in [6, 6.07) is 4.71. The van der Waals surface area contributed by atoms with Crippen molar-refractivity contribution < 1.29 is 19.1 Å². The van der Waals surface area contributed by atoms with Crippen LogP contribution in [0.4, 0.5) is 10.1 Å². The molecular weight excluding hydrogens is 337 g/mol. The topological polar surface area (TPSA) is 72.9 Å². The first-order valence-electron chi connectivity index (χ1n) is 9.07. The zero-order valence-electron chi connectivity index (χ0n) is 15.2. The van der Waals surface area contributed by atoms with Gasteiger partial charge in [0.05, 0.1) is 12.1 Å². The van der Waals surface area contributed by atoms with E-state index in [0.717, 1.165) is 6.54 Å². The number of benzene rings is 1. The van der Waals surface area contributed by atoms with E-state index in [-0.39, 0.29) is 24.2 Å². The van der Waals surface area contributed by atoms with E-state index in [1.54, 1.807) is 11.0 Å². The minimum atomic E-state index is -0.818. The van der Waals surface area contributed by atoms with E-state index in [1.807, 2.05) is 19.0 Å². The Hall–Kier alpha value is -2.15. The van der Waals surface area contributed by atoms with Crippen molar-refractivity contribution in [1.82, 2.24) is 10.2 Å². The van der Waals surface area contributed by atoms with Gasteiger partial charge in [0.1, 0.15) is 5.82 Å². The maximum Gasteiger partial charge on any atom is 0.317 e. The molecule has 0 radical (unpaired) electrons. The third kappa shape index (κ3) is 4.52. The number of rotatable bonds is 8. The van der Waals surface area contributed by atoms with Crippen LogP contribution in [0, 0.1) is 11.7 Å². The van der Waals surface area contributed by atoms with Gasteiger partial charge in [-0.2, -0.15) is 0 Å². The Labute approximate surface area is 153 Å². The van der Waals surface area contributed by atoms with Gasteiger partial charge in [0.25, 0.3) is 5.91 Å². The second kappa shape index (κ2) is 7.61. The lowest BCUT2D eigenvalue weighted by Crippen LogP contribution is -2.55. The third-order valence-electron chi connectivity index (χ3n) is 5.21. The molecule has 0 aliphatic heterocycles. The summed E-state index contributed by atoms with van der Waals surface area (Å²) in [5.74, 6) is -1.15. The smallest absolute Gasteiger partial charge is 0.317 e. The van der Waals surface area contributed by atoms with Gasteiger partial charge in [-0.25, -0.2) is 4.39 Å². The Morgan fingerprint density at radius 1 is 1.27 bits per heavy atom. The second-order valence-corrected chi connectivity index (χ2v) is 7.62. The van der Waals surface area contributed by atoms with Crippen molar-refractivity contribution in [2.75, 3.05) is 32.1 Å². The Kier molecular flexibility index (Phi) is 5.46. The fourth-order valence-corrected chi connectivity index (χ4v) is 3.38. The van der Waals surface area contributed by atoms with Crippen LogP contribution in [0.5, 0.6) is 0 Å². The molecule has 0 spiro atoms. The van der Waals surface area contributed by atoms with Gasteiger partial charge < -0.3 is 15.3 Å². The van der Waals surface area contributed by atoms with Crippen LogP contribution in [0.2, 0.25) is 0 Å². The molecule has 142 valence electrons. The quantitative estimate of drug-likeness (QED) is 0.739. The third-order valence-corrected chi connectivity index (χ3v) is 5.21. The Balaban J connectivity index is 1.52. The molecule has 0 saturated heterocycles. The van der Waals surface area contributed by atoms with E-state index in [1.165, 1.54) is 25.0 Å². The summed E-state index contributed by atoms with van der Waals surface area (Å²) in [4.78, 5) is 27.2. The van der Waals surface area contributed by atoms with Gasteiger partial charge in [-0.15, -0.1) is 0 Å². The molecule has 3 rings (SSSR count). The summed E-state index contributed by atoms with van der Waals surface area (Å²) in [5.41, 5.74) is 0.742. The van der Waals surface area contributed by atoms with Gasteiger partial charge >= 0.3 is 5.97 Å². The molecule has 1 aromatic carbocycles. The molecule has 1 amide bonds. The summed E-state index contributed by atoms with van der Waals surface area (Å²) in [5, 5.41) is 11.9. The maximum absolute atomic E-state index is 14.2. The van der Waals surface area contributed by atoms with Gasteiger partial charge in [-0.1, -0.05) is 0 Å². The van der Waals surface area contributed by atoms with Crippen molar-refractivity contribution in [1.29, 1.82) is 0 Å². The average Bonchev–Trinajstić information content (AvgIpc) is 3.32. The monoisotopic (exact) mass is 363 g/mol. The Morgan fingerprint density at radius 2 is 1.96 bits per heavy atom. The van der Waals surface area contributed by atoms with E-state index in [4.69, 9.17) is 5.11 Å². The van der Waals surface area contributed by atoms with Crippen molar-refractivity contribution in [3.05, 3.63) is 29.6 Å². The second-order valence-electron chi connectivity index (χ2n) is 7.62. The summed E-state index contributed by atoms with van der Waals surface area (Å²) < 4.78 is 14.2. The first-order valence-corrected chi connectivity index (χ1v) is 9.07. The number of nitrogens with zero attached hydrogens (tertiary/aromatic N) is 2. The van der Waals surface area contributed by atoms with E-state index in [0.29, 0.717) is 24.4 Å². The van der Waals surface area contributed by atoms with E-state index >= 15 is 0 Å². The van der Waals surface area contributed by atoms with Crippen LogP contribution in [0.1, 0.15) is 36.0 Å². The molecule has 6 nitrogen and oxygen atoms in total. The highest BCUT2D eigenvalue weighted by atomic mass is 19.1. The molecule has 26 heavy (non-hydrogen) atoms. The molecule has 7 heteroatoms. The molecule has 0 bridgehead atoms. The normalized spacial score (nSPS) is 22.0. The maximum atomic E-state index is 14.2. The summed E-state index contributed by atoms with van der Waals surface area (Å²) in [6.45, 7) is 0.862. The highest BCUT2D eigenvalue weighted by molar-refractivity contribution is 5.95. The van der Waals surface area contributed by atoms with Crippen molar-refractivity contribution in [2.24, 2.45) is 5.92 Å². The predicted molar refractivity (Wildman–Crippen MR) is 96.9 cm³/mol. The average molecular weight is 363 g/mol. The number of aliphatic carboxylic acids is 1. The molecule has 1 aromatic rings. The molecule has 2 aliphatic carbocycles. The summed E-state index contributed by atoms with van der Waals surface area (Å²) in [6.07, 6.45) is 3.77. The minimum Gasteiger partial charge on any atom is -0.480 e. The van der Waals surface area contributed by atoms with Gasteiger partial charge in [0.2, 0.25) is 0 Å². The van der Waals surface area contributed by atoms with Crippen LogP contribution in [0.3, 0.4) is 0 Å². The molecule has 0 unspecified atom stereocenters. The van der Waals surface area contributed by atoms with E-state index in [2.05, 4.69) is 5.32 Å². The largest absolute Gasteiger partial charge is 0.480 e. The fourth-order valence-electron chi connectivity index (χ4n) is 3.38. The minimum absolute atomic E-state index is 0.0316. The number of hydrogen-bond donors (Lipinski definition) is 2.